The highest BCUT2D eigenvalue weighted by atomic mass is 16.6. The van der Waals surface area contributed by atoms with Crippen molar-refractivity contribution < 1.29 is 39.2 Å². The van der Waals surface area contributed by atoms with E-state index in [1.54, 1.807) is 6.07 Å². The van der Waals surface area contributed by atoms with E-state index in [-0.39, 0.29) is 30.3 Å². The number of hydrogen-bond acceptors (Lipinski definition) is 8. The largest absolute Gasteiger partial charge is 0.504 e. The number of benzene rings is 1. The number of carbonyl (C=O) groups excluding carboxylic acids is 2. The lowest BCUT2D eigenvalue weighted by Gasteiger charge is -2.19. The SMILES string of the molecule is CC(C)(C)OC(=O)CCCCC(=O)O.COC(=O)[C@@H](N)Cc1ccc(O)c(O)c1. The van der Waals surface area contributed by atoms with E-state index in [4.69, 9.17) is 20.7 Å². The summed E-state index contributed by atoms with van der Waals surface area (Å²) in [5.41, 5.74) is 5.73. The monoisotopic (exact) mass is 413 g/mol. The normalized spacial score (nSPS) is 11.6. The van der Waals surface area contributed by atoms with Gasteiger partial charge in [-0.1, -0.05) is 6.07 Å². The molecule has 9 heteroatoms. The number of aromatic hydroxyl groups is 2. The van der Waals surface area contributed by atoms with Crippen molar-refractivity contribution in [3.8, 4) is 11.5 Å². The zero-order valence-corrected chi connectivity index (χ0v) is 17.3. The Balaban J connectivity index is 0.000000543. The van der Waals surface area contributed by atoms with Crippen molar-refractivity contribution in [1.29, 1.82) is 0 Å². The Morgan fingerprint density at radius 2 is 1.66 bits per heavy atom. The van der Waals surface area contributed by atoms with Gasteiger partial charge in [-0.05, 0) is 57.7 Å². The number of nitrogens with two attached hydrogens (primary N) is 1. The highest BCUT2D eigenvalue weighted by Crippen LogP contribution is 2.25. The number of ether oxygens (including phenoxy) is 2. The van der Waals surface area contributed by atoms with E-state index in [9.17, 15) is 19.5 Å². The molecule has 0 unspecified atom stereocenters. The first kappa shape index (κ1) is 26.2. The van der Waals surface area contributed by atoms with Crippen LogP contribution in [0.3, 0.4) is 0 Å². The van der Waals surface area contributed by atoms with Crippen molar-refractivity contribution in [2.24, 2.45) is 5.73 Å². The maximum absolute atomic E-state index is 11.1. The van der Waals surface area contributed by atoms with Crippen LogP contribution in [0.5, 0.6) is 11.5 Å². The predicted octanol–water partition coefficient (Wildman–Crippen LogP) is 2.11. The molecule has 29 heavy (non-hydrogen) atoms. The van der Waals surface area contributed by atoms with E-state index >= 15 is 0 Å². The van der Waals surface area contributed by atoms with Crippen LogP contribution in [-0.4, -0.2) is 52.0 Å². The summed E-state index contributed by atoms with van der Waals surface area (Å²) in [5.74, 6) is -2.03. The van der Waals surface area contributed by atoms with Gasteiger partial charge in [0, 0.05) is 12.8 Å². The van der Waals surface area contributed by atoms with Gasteiger partial charge in [-0.25, -0.2) is 0 Å². The number of carbonyl (C=O) groups is 3. The fourth-order valence-corrected chi connectivity index (χ4v) is 2.12. The predicted molar refractivity (Wildman–Crippen MR) is 105 cm³/mol. The molecule has 0 saturated heterocycles. The van der Waals surface area contributed by atoms with Crippen LogP contribution >= 0.6 is 0 Å². The standard InChI is InChI=1S/C10H13NO4.C10H18O4/c1-15-10(14)7(11)4-6-2-3-8(12)9(13)5-6;1-10(2,3)14-9(13)7-5-4-6-8(11)12/h2-3,5,7,12-13H,4,11H2,1H3;4-7H2,1-3H3,(H,11,12)/t7-;/m0./s1. The van der Waals surface area contributed by atoms with Crippen LogP contribution in [0.4, 0.5) is 0 Å². The minimum absolute atomic E-state index is 0.114. The molecule has 0 aliphatic rings. The van der Waals surface area contributed by atoms with Crippen molar-refractivity contribution in [1.82, 2.24) is 0 Å². The van der Waals surface area contributed by atoms with E-state index in [1.807, 2.05) is 20.8 Å². The van der Waals surface area contributed by atoms with Gasteiger partial charge in [-0.2, -0.15) is 0 Å². The maximum Gasteiger partial charge on any atom is 0.322 e. The number of esters is 2. The molecule has 1 aromatic carbocycles. The van der Waals surface area contributed by atoms with Gasteiger partial charge >= 0.3 is 17.9 Å². The second-order valence-electron chi connectivity index (χ2n) is 7.34. The number of rotatable bonds is 8. The van der Waals surface area contributed by atoms with Crippen LogP contribution in [0.1, 0.15) is 52.0 Å². The van der Waals surface area contributed by atoms with Crippen LogP contribution in [-0.2, 0) is 30.3 Å². The zero-order valence-electron chi connectivity index (χ0n) is 17.3. The molecule has 0 saturated carbocycles. The molecule has 1 rings (SSSR count). The molecule has 164 valence electrons. The van der Waals surface area contributed by atoms with Crippen molar-refractivity contribution in [2.75, 3.05) is 7.11 Å². The lowest BCUT2D eigenvalue weighted by Crippen LogP contribution is -2.33. The smallest absolute Gasteiger partial charge is 0.322 e. The summed E-state index contributed by atoms with van der Waals surface area (Å²) < 4.78 is 9.52. The summed E-state index contributed by atoms with van der Waals surface area (Å²) in [6.07, 6.45) is 1.75. The summed E-state index contributed by atoms with van der Waals surface area (Å²) in [4.78, 5) is 32.3. The number of phenols is 2. The van der Waals surface area contributed by atoms with Crippen molar-refractivity contribution in [2.45, 2.75) is 64.5 Å². The Labute approximate surface area is 170 Å². The minimum atomic E-state index is -0.825. The molecule has 0 bridgehead atoms. The molecule has 0 aliphatic carbocycles. The van der Waals surface area contributed by atoms with E-state index in [2.05, 4.69) is 4.74 Å². The molecular formula is C20H31NO8. The highest BCUT2D eigenvalue weighted by molar-refractivity contribution is 5.75. The molecule has 0 aromatic heterocycles. The fourth-order valence-electron chi connectivity index (χ4n) is 2.12. The second kappa shape index (κ2) is 12.6. The quantitative estimate of drug-likeness (QED) is 0.285. The highest BCUT2D eigenvalue weighted by Gasteiger charge is 2.16. The lowest BCUT2D eigenvalue weighted by molar-refractivity contribution is -0.155. The van der Waals surface area contributed by atoms with E-state index in [1.165, 1.54) is 19.2 Å². The van der Waals surface area contributed by atoms with Crippen molar-refractivity contribution in [3.63, 3.8) is 0 Å². The van der Waals surface area contributed by atoms with Crippen LogP contribution in [0, 0.1) is 0 Å². The first-order valence-electron chi connectivity index (χ1n) is 9.13. The summed E-state index contributed by atoms with van der Waals surface area (Å²) in [5, 5.41) is 26.6. The third kappa shape index (κ3) is 13.1. The Morgan fingerprint density at radius 3 is 2.14 bits per heavy atom. The third-order valence-corrected chi connectivity index (χ3v) is 3.44. The van der Waals surface area contributed by atoms with E-state index < -0.39 is 23.6 Å². The summed E-state index contributed by atoms with van der Waals surface area (Å²) in [7, 11) is 1.26. The molecule has 0 aliphatic heterocycles. The fraction of sp³-hybridized carbons (Fsp3) is 0.550. The number of unbranched alkanes of at least 4 members (excludes halogenated alkanes) is 1. The van der Waals surface area contributed by atoms with E-state index in [0.29, 0.717) is 24.8 Å². The van der Waals surface area contributed by atoms with E-state index in [0.717, 1.165) is 0 Å². The van der Waals surface area contributed by atoms with Crippen LogP contribution < -0.4 is 5.73 Å². The van der Waals surface area contributed by atoms with Crippen molar-refractivity contribution in [3.05, 3.63) is 23.8 Å². The summed E-state index contributed by atoms with van der Waals surface area (Å²) in [6.45, 7) is 5.42. The summed E-state index contributed by atoms with van der Waals surface area (Å²) in [6, 6.07) is 3.52. The molecule has 1 atom stereocenters. The molecule has 0 amide bonds. The van der Waals surface area contributed by atoms with Gasteiger partial charge < -0.3 is 30.5 Å². The molecule has 5 N–H and O–H groups in total. The number of methoxy groups -OCH3 is 1. The number of hydrogen-bond donors (Lipinski definition) is 4. The van der Waals surface area contributed by atoms with Crippen LogP contribution in [0.2, 0.25) is 0 Å². The lowest BCUT2D eigenvalue weighted by atomic mass is 10.1. The van der Waals surface area contributed by atoms with Crippen LogP contribution in [0.15, 0.2) is 18.2 Å². The molecule has 0 heterocycles. The molecular weight excluding hydrogens is 382 g/mol. The molecule has 0 fully saturated rings. The third-order valence-electron chi connectivity index (χ3n) is 3.44. The van der Waals surface area contributed by atoms with Crippen LogP contribution in [0.25, 0.3) is 0 Å². The zero-order chi connectivity index (χ0) is 22.6. The Morgan fingerprint density at radius 1 is 1.07 bits per heavy atom. The molecule has 0 radical (unpaired) electrons. The Kier molecular flexibility index (Phi) is 11.4. The average Bonchev–Trinajstić information content (AvgIpc) is 2.60. The van der Waals surface area contributed by atoms with Crippen molar-refractivity contribution >= 4 is 17.9 Å². The average molecular weight is 413 g/mol. The Hall–Kier alpha value is -2.81. The van der Waals surface area contributed by atoms with Gasteiger partial charge in [0.05, 0.1) is 7.11 Å². The first-order valence-corrected chi connectivity index (χ1v) is 9.13. The topological polar surface area (TPSA) is 156 Å². The van der Waals surface area contributed by atoms with Gasteiger partial charge in [0.1, 0.15) is 11.6 Å². The molecule has 0 spiro atoms. The first-order chi connectivity index (χ1) is 13.4. The molecule has 9 nitrogen and oxygen atoms in total. The summed E-state index contributed by atoms with van der Waals surface area (Å²) >= 11 is 0. The number of aliphatic carboxylic acids is 1. The number of carboxylic acid groups (broad SMARTS) is 1. The van der Waals surface area contributed by atoms with Gasteiger partial charge in [0.2, 0.25) is 0 Å². The minimum Gasteiger partial charge on any atom is -0.504 e. The number of carboxylic acids is 1. The van der Waals surface area contributed by atoms with Gasteiger partial charge in [0.15, 0.2) is 11.5 Å². The Bertz CT molecular complexity index is 682. The van der Waals surface area contributed by atoms with Gasteiger partial charge in [-0.3, -0.25) is 14.4 Å². The van der Waals surface area contributed by atoms with Gasteiger partial charge in [0.25, 0.3) is 0 Å². The van der Waals surface area contributed by atoms with Gasteiger partial charge in [-0.15, -0.1) is 0 Å². The maximum atomic E-state index is 11.1. The second-order valence-corrected chi connectivity index (χ2v) is 7.34. The number of phenolic OH excluding ortho intramolecular Hbond substituents is 2. The molecule has 1 aromatic rings.